The molecule has 1 aliphatic rings. The van der Waals surface area contributed by atoms with E-state index in [2.05, 4.69) is 36.6 Å². The summed E-state index contributed by atoms with van der Waals surface area (Å²) in [6, 6.07) is 4.14. The Morgan fingerprint density at radius 3 is 3.21 bits per heavy atom. The lowest BCUT2D eigenvalue weighted by Crippen LogP contribution is -2.22. The molecule has 2 rings (SSSR count). The molecule has 1 aromatic heterocycles. The molecule has 0 aromatic carbocycles. The van der Waals surface area contributed by atoms with E-state index >= 15 is 0 Å². The quantitative estimate of drug-likeness (QED) is 0.590. The van der Waals surface area contributed by atoms with Crippen molar-refractivity contribution in [3.63, 3.8) is 0 Å². The molecule has 0 radical (unpaired) electrons. The largest absolute Gasteiger partial charge is 0.307 e. The van der Waals surface area contributed by atoms with Crippen LogP contribution in [0, 0.1) is 11.3 Å². The van der Waals surface area contributed by atoms with Gasteiger partial charge in [0.25, 0.3) is 0 Å². The molecule has 0 N–H and O–H groups in total. The van der Waals surface area contributed by atoms with Gasteiger partial charge in [0.2, 0.25) is 0 Å². The highest BCUT2D eigenvalue weighted by Crippen LogP contribution is 2.35. The van der Waals surface area contributed by atoms with Gasteiger partial charge in [-0.1, -0.05) is 0 Å². The van der Waals surface area contributed by atoms with E-state index in [0.717, 1.165) is 30.6 Å². The van der Waals surface area contributed by atoms with Crippen LogP contribution < -0.4 is 4.31 Å². The molecular formula is C9H8IN3S. The molecule has 3 nitrogen and oxygen atoms in total. The third-order valence-corrected chi connectivity index (χ3v) is 4.25. The molecule has 1 aliphatic heterocycles. The van der Waals surface area contributed by atoms with Gasteiger partial charge in [-0.25, -0.2) is 4.98 Å². The Morgan fingerprint density at radius 2 is 2.50 bits per heavy atom. The molecule has 0 spiro atoms. The van der Waals surface area contributed by atoms with E-state index in [0.29, 0.717) is 5.69 Å². The normalized spacial score (nSPS) is 14.7. The van der Waals surface area contributed by atoms with E-state index in [1.807, 2.05) is 6.07 Å². The average Bonchev–Trinajstić information content (AvgIpc) is 2.27. The van der Waals surface area contributed by atoms with Crippen LogP contribution in [0.5, 0.6) is 0 Å². The van der Waals surface area contributed by atoms with Gasteiger partial charge in [-0.05, 0) is 18.9 Å². The predicted octanol–water partition coefficient (Wildman–Crippen LogP) is 2.70. The van der Waals surface area contributed by atoms with Gasteiger partial charge in [0, 0.05) is 48.6 Å². The minimum absolute atomic E-state index is 0.581. The van der Waals surface area contributed by atoms with E-state index in [4.69, 9.17) is 5.26 Å². The first-order valence-corrected chi connectivity index (χ1v) is 7.62. The number of halogens is 1. The predicted molar refractivity (Wildman–Crippen MR) is 66.2 cm³/mol. The highest BCUT2D eigenvalue weighted by molar-refractivity contribution is 14.2. The fourth-order valence-electron chi connectivity index (χ4n) is 1.65. The van der Waals surface area contributed by atoms with E-state index in [1.165, 1.54) is 0 Å². The molecule has 0 saturated heterocycles. The van der Waals surface area contributed by atoms with E-state index in [-0.39, 0.29) is 0 Å². The van der Waals surface area contributed by atoms with E-state index in [1.54, 1.807) is 15.3 Å². The van der Waals surface area contributed by atoms with Gasteiger partial charge in [0.15, 0.2) is 0 Å². The fourth-order valence-corrected chi connectivity index (χ4v) is 3.32. The molecule has 2 heterocycles. The lowest BCUT2D eigenvalue weighted by molar-refractivity contribution is 0.789. The topological polar surface area (TPSA) is 39.9 Å². The molecule has 0 atom stereocenters. The molecular weight excluding hydrogens is 309 g/mol. The molecule has 14 heavy (non-hydrogen) atoms. The summed E-state index contributed by atoms with van der Waals surface area (Å²) in [5.41, 5.74) is 2.84. The van der Waals surface area contributed by atoms with Crippen molar-refractivity contribution in [1.82, 2.24) is 4.98 Å². The van der Waals surface area contributed by atoms with Crippen molar-refractivity contribution in [2.24, 2.45) is 0 Å². The van der Waals surface area contributed by atoms with Crippen LogP contribution in [0.15, 0.2) is 12.3 Å². The van der Waals surface area contributed by atoms with Crippen LogP contribution in [-0.2, 0) is 6.42 Å². The van der Waals surface area contributed by atoms with Gasteiger partial charge in [0.05, 0.1) is 5.69 Å². The summed E-state index contributed by atoms with van der Waals surface area (Å²) < 4.78 is 2.21. The molecule has 72 valence electrons. The number of fused-ring (bicyclic) bond motifs is 1. The van der Waals surface area contributed by atoms with Gasteiger partial charge >= 0.3 is 0 Å². The summed E-state index contributed by atoms with van der Waals surface area (Å²) in [4.78, 5) is 4.08. The van der Waals surface area contributed by atoms with E-state index < -0.39 is 0 Å². The summed E-state index contributed by atoms with van der Waals surface area (Å²) in [7, 11) is 1.67. The van der Waals surface area contributed by atoms with Gasteiger partial charge in [-0.15, -0.1) is 0 Å². The maximum absolute atomic E-state index is 8.91. The average molecular weight is 317 g/mol. The second-order valence-corrected chi connectivity index (χ2v) is 4.80. The van der Waals surface area contributed by atoms with Crippen molar-refractivity contribution in [2.75, 3.05) is 10.8 Å². The van der Waals surface area contributed by atoms with E-state index in [9.17, 15) is 0 Å². The fraction of sp³-hybridized carbons (Fsp3) is 0.333. The summed E-state index contributed by atoms with van der Waals surface area (Å²) in [6.07, 6.45) is 3.78. The highest BCUT2D eigenvalue weighted by atomic mass is 127. The molecule has 5 heteroatoms. The second-order valence-electron chi connectivity index (χ2n) is 3.04. The van der Waals surface area contributed by atoms with Crippen LogP contribution in [0.3, 0.4) is 0 Å². The smallest absolute Gasteiger partial charge is 0.145 e. The van der Waals surface area contributed by atoms with Crippen molar-refractivity contribution in [1.29, 1.82) is 5.26 Å². The number of hydrogen-bond acceptors (Lipinski definition) is 4. The van der Waals surface area contributed by atoms with Crippen LogP contribution in [-0.4, -0.2) is 11.5 Å². The number of hydrogen-bond donors (Lipinski definition) is 0. The van der Waals surface area contributed by atoms with Gasteiger partial charge < -0.3 is 4.31 Å². The summed E-state index contributed by atoms with van der Waals surface area (Å²) in [5, 5.41) is 8.91. The zero-order chi connectivity index (χ0) is 9.97. The maximum Gasteiger partial charge on any atom is 0.145 e. The Labute approximate surface area is 99.2 Å². The Morgan fingerprint density at radius 1 is 1.64 bits per heavy atom. The number of rotatable bonds is 1. The monoisotopic (exact) mass is 317 g/mol. The number of nitriles is 1. The molecule has 0 fully saturated rings. The standard InChI is InChI=1S/C9H8IN3S/c10-14-13-5-1-2-7-8(6-11)12-4-3-9(7)13/h3-4H,1-2,5H2. The molecule has 1 aromatic rings. The lowest BCUT2D eigenvalue weighted by atomic mass is 10.0. The first kappa shape index (κ1) is 10.1. The van der Waals surface area contributed by atoms with Crippen LogP contribution in [0.4, 0.5) is 5.69 Å². The van der Waals surface area contributed by atoms with Crippen molar-refractivity contribution in [3.05, 3.63) is 23.5 Å². The Hall–Kier alpha value is -0.480. The van der Waals surface area contributed by atoms with Crippen molar-refractivity contribution in [2.45, 2.75) is 12.8 Å². The SMILES string of the molecule is N#Cc1nccc2c1CCCN2SI. The minimum atomic E-state index is 0.581. The first-order valence-electron chi connectivity index (χ1n) is 4.31. The second kappa shape index (κ2) is 4.36. The maximum atomic E-state index is 8.91. The minimum Gasteiger partial charge on any atom is -0.307 e. The Bertz CT molecular complexity index is 388. The Balaban J connectivity index is 2.50. The zero-order valence-electron chi connectivity index (χ0n) is 7.40. The van der Waals surface area contributed by atoms with Crippen LogP contribution in [0.2, 0.25) is 0 Å². The summed E-state index contributed by atoms with van der Waals surface area (Å²) in [6.45, 7) is 1.05. The highest BCUT2D eigenvalue weighted by Gasteiger charge is 2.19. The van der Waals surface area contributed by atoms with Crippen LogP contribution >= 0.6 is 30.3 Å². The van der Waals surface area contributed by atoms with Gasteiger partial charge in [-0.3, -0.25) is 0 Å². The number of anilines is 1. The van der Waals surface area contributed by atoms with Gasteiger partial charge in [0.1, 0.15) is 11.8 Å². The molecule has 0 aliphatic carbocycles. The molecule has 0 bridgehead atoms. The van der Waals surface area contributed by atoms with Crippen LogP contribution in [0.25, 0.3) is 0 Å². The van der Waals surface area contributed by atoms with Gasteiger partial charge in [-0.2, -0.15) is 5.26 Å². The Kier molecular flexibility index (Phi) is 3.13. The summed E-state index contributed by atoms with van der Waals surface area (Å²) >= 11 is 2.27. The third kappa shape index (κ3) is 1.68. The lowest BCUT2D eigenvalue weighted by Gasteiger charge is -2.27. The number of aromatic nitrogens is 1. The molecule has 0 saturated carbocycles. The number of nitrogens with zero attached hydrogens (tertiary/aromatic N) is 3. The molecule has 0 amide bonds. The zero-order valence-corrected chi connectivity index (χ0v) is 10.4. The van der Waals surface area contributed by atoms with Crippen LogP contribution in [0.1, 0.15) is 17.7 Å². The molecule has 0 unspecified atom stereocenters. The van der Waals surface area contributed by atoms with Crippen molar-refractivity contribution in [3.8, 4) is 6.07 Å². The third-order valence-electron chi connectivity index (χ3n) is 2.28. The van der Waals surface area contributed by atoms with Crippen molar-refractivity contribution >= 4 is 36.0 Å². The number of pyridine rings is 1. The first-order chi connectivity index (χ1) is 6.86. The summed E-state index contributed by atoms with van der Waals surface area (Å²) in [5.74, 6) is 0. The van der Waals surface area contributed by atoms with Crippen molar-refractivity contribution < 1.29 is 0 Å².